The highest BCUT2D eigenvalue weighted by molar-refractivity contribution is 5.72. The molecule has 0 saturated carbocycles. The molecule has 0 unspecified atom stereocenters. The third kappa shape index (κ3) is 3.71. The molecule has 0 amide bonds. The van der Waals surface area contributed by atoms with Gasteiger partial charge in [-0.15, -0.1) is 0 Å². The lowest BCUT2D eigenvalue weighted by Gasteiger charge is -2.10. The number of hydrogen-bond acceptors (Lipinski definition) is 1. The summed E-state index contributed by atoms with van der Waals surface area (Å²) in [6.45, 7) is 4.94. The molecule has 0 radical (unpaired) electrons. The lowest BCUT2D eigenvalue weighted by molar-refractivity contribution is 0.514. The molecular weight excluding hydrogens is 316 g/mol. The van der Waals surface area contributed by atoms with Crippen LogP contribution < -0.4 is 5.32 Å². The molecule has 0 spiro atoms. The van der Waals surface area contributed by atoms with Gasteiger partial charge in [0.15, 0.2) is 11.6 Å². The molecule has 0 aliphatic heterocycles. The molecule has 3 rings (SSSR count). The number of rotatable bonds is 5. The summed E-state index contributed by atoms with van der Waals surface area (Å²) in [5.41, 5.74) is 3.94. The Morgan fingerprint density at radius 1 is 0.720 bits per heavy atom. The van der Waals surface area contributed by atoms with Crippen LogP contribution in [0.25, 0.3) is 22.3 Å². The first kappa shape index (κ1) is 17.2. The molecule has 0 aliphatic rings. The smallest absolute Gasteiger partial charge is 0.167 e. The second kappa shape index (κ2) is 7.47. The number of hydrogen-bond donors (Lipinski definition) is 1. The monoisotopic (exact) mass is 337 g/mol. The average Bonchev–Trinajstić information content (AvgIpc) is 2.64. The van der Waals surface area contributed by atoms with Crippen molar-refractivity contribution in [1.29, 1.82) is 0 Å². The maximum atomic E-state index is 14.6. The number of aryl methyl sites for hydroxylation is 1. The summed E-state index contributed by atoms with van der Waals surface area (Å²) in [5.74, 6) is -1.62. The maximum absolute atomic E-state index is 14.6. The van der Waals surface area contributed by atoms with Gasteiger partial charge in [-0.1, -0.05) is 61.0 Å². The molecule has 1 nitrogen and oxygen atoms in total. The Hall–Kier alpha value is -2.68. The predicted octanol–water partition coefficient (Wildman–Crippen LogP) is 6.43. The van der Waals surface area contributed by atoms with Crippen molar-refractivity contribution >= 4 is 5.69 Å². The molecule has 0 bridgehead atoms. The van der Waals surface area contributed by atoms with E-state index in [1.54, 1.807) is 36.4 Å². The topological polar surface area (TPSA) is 12.0 Å². The molecule has 0 saturated heterocycles. The van der Waals surface area contributed by atoms with Gasteiger partial charge in [0.2, 0.25) is 0 Å². The fourth-order valence-corrected chi connectivity index (χ4v) is 2.77. The van der Waals surface area contributed by atoms with Gasteiger partial charge in [0.05, 0.1) is 0 Å². The van der Waals surface area contributed by atoms with Crippen LogP contribution in [0.4, 0.5) is 14.5 Å². The zero-order valence-corrected chi connectivity index (χ0v) is 14.4. The van der Waals surface area contributed by atoms with Crippen molar-refractivity contribution in [2.24, 2.45) is 0 Å². The largest absolute Gasteiger partial charge is 0.385 e. The molecule has 0 fully saturated rings. The zero-order valence-electron chi connectivity index (χ0n) is 14.4. The first-order valence-electron chi connectivity index (χ1n) is 8.49. The normalized spacial score (nSPS) is 10.7. The number of nitrogens with one attached hydrogen (secondary N) is 1. The molecule has 3 aromatic carbocycles. The number of anilines is 1. The van der Waals surface area contributed by atoms with Crippen LogP contribution in [-0.2, 0) is 0 Å². The van der Waals surface area contributed by atoms with E-state index in [0.29, 0.717) is 11.1 Å². The first-order valence-corrected chi connectivity index (χ1v) is 8.49. The van der Waals surface area contributed by atoms with Crippen molar-refractivity contribution in [3.05, 3.63) is 77.9 Å². The van der Waals surface area contributed by atoms with E-state index in [-0.39, 0.29) is 11.1 Å². The van der Waals surface area contributed by atoms with Gasteiger partial charge in [-0.05, 0) is 36.6 Å². The van der Waals surface area contributed by atoms with Gasteiger partial charge < -0.3 is 5.32 Å². The van der Waals surface area contributed by atoms with E-state index in [4.69, 9.17) is 0 Å². The van der Waals surface area contributed by atoms with Crippen molar-refractivity contribution in [2.75, 3.05) is 11.9 Å². The number of halogens is 2. The Labute approximate surface area is 147 Å². The van der Waals surface area contributed by atoms with Gasteiger partial charge in [0, 0.05) is 23.4 Å². The summed E-state index contributed by atoms with van der Waals surface area (Å²) >= 11 is 0. The fraction of sp³-hybridized carbons (Fsp3) is 0.182. The summed E-state index contributed by atoms with van der Waals surface area (Å²) in [7, 11) is 0. The zero-order chi connectivity index (χ0) is 17.8. The minimum Gasteiger partial charge on any atom is -0.385 e. The second-order valence-electron chi connectivity index (χ2n) is 6.16. The highest BCUT2D eigenvalue weighted by Crippen LogP contribution is 2.32. The third-order valence-corrected chi connectivity index (χ3v) is 4.22. The van der Waals surface area contributed by atoms with Crippen LogP contribution in [0.1, 0.15) is 18.9 Å². The van der Waals surface area contributed by atoms with Crippen molar-refractivity contribution in [2.45, 2.75) is 20.3 Å². The van der Waals surface area contributed by atoms with Crippen molar-refractivity contribution in [1.82, 2.24) is 0 Å². The Kier molecular flexibility index (Phi) is 5.13. The Morgan fingerprint density at radius 3 is 1.68 bits per heavy atom. The minimum absolute atomic E-state index is 0.274. The highest BCUT2D eigenvalue weighted by atomic mass is 19.2. The van der Waals surface area contributed by atoms with E-state index < -0.39 is 11.6 Å². The SMILES string of the molecule is CCCNc1ccc(-c2ccc(-c3ccc(C)cc3)c(F)c2F)cc1. The van der Waals surface area contributed by atoms with Crippen molar-refractivity contribution < 1.29 is 8.78 Å². The molecule has 0 aromatic heterocycles. The second-order valence-corrected chi connectivity index (χ2v) is 6.16. The maximum Gasteiger partial charge on any atom is 0.167 e. The number of benzene rings is 3. The van der Waals surface area contributed by atoms with E-state index in [9.17, 15) is 8.78 Å². The van der Waals surface area contributed by atoms with Crippen LogP contribution in [-0.4, -0.2) is 6.54 Å². The van der Waals surface area contributed by atoms with Gasteiger partial charge in [0.25, 0.3) is 0 Å². The summed E-state index contributed by atoms with van der Waals surface area (Å²) in [4.78, 5) is 0. The summed E-state index contributed by atoms with van der Waals surface area (Å²) in [6.07, 6.45) is 1.03. The van der Waals surface area contributed by atoms with E-state index in [1.807, 2.05) is 31.2 Å². The van der Waals surface area contributed by atoms with Gasteiger partial charge in [-0.2, -0.15) is 0 Å². The Morgan fingerprint density at radius 2 is 1.20 bits per heavy atom. The van der Waals surface area contributed by atoms with Crippen LogP contribution >= 0.6 is 0 Å². The van der Waals surface area contributed by atoms with E-state index in [2.05, 4.69) is 12.2 Å². The van der Waals surface area contributed by atoms with Crippen LogP contribution in [0.3, 0.4) is 0 Å². The summed E-state index contributed by atoms with van der Waals surface area (Å²) < 4.78 is 29.2. The molecule has 0 aliphatic carbocycles. The summed E-state index contributed by atoms with van der Waals surface area (Å²) in [5, 5.41) is 3.27. The van der Waals surface area contributed by atoms with Crippen LogP contribution in [0.15, 0.2) is 60.7 Å². The molecule has 0 atom stereocenters. The van der Waals surface area contributed by atoms with E-state index >= 15 is 0 Å². The molecule has 128 valence electrons. The first-order chi connectivity index (χ1) is 12.1. The summed E-state index contributed by atoms with van der Waals surface area (Å²) in [6, 6.07) is 18.1. The van der Waals surface area contributed by atoms with Crippen molar-refractivity contribution in [3.8, 4) is 22.3 Å². The highest BCUT2D eigenvalue weighted by Gasteiger charge is 2.15. The van der Waals surface area contributed by atoms with Crippen LogP contribution in [0, 0.1) is 18.6 Å². The Bertz CT molecular complexity index is 852. The lowest BCUT2D eigenvalue weighted by atomic mass is 9.98. The molecule has 25 heavy (non-hydrogen) atoms. The van der Waals surface area contributed by atoms with Crippen LogP contribution in [0.2, 0.25) is 0 Å². The quantitative estimate of drug-likeness (QED) is 0.566. The van der Waals surface area contributed by atoms with Crippen LogP contribution in [0.5, 0.6) is 0 Å². The van der Waals surface area contributed by atoms with Crippen molar-refractivity contribution in [3.63, 3.8) is 0 Å². The molecule has 0 heterocycles. The van der Waals surface area contributed by atoms with Gasteiger partial charge in [0.1, 0.15) is 0 Å². The molecule has 1 N–H and O–H groups in total. The third-order valence-electron chi connectivity index (χ3n) is 4.22. The molecule has 3 heteroatoms. The lowest BCUT2D eigenvalue weighted by Crippen LogP contribution is -1.99. The fourth-order valence-electron chi connectivity index (χ4n) is 2.77. The molecule has 3 aromatic rings. The standard InChI is InChI=1S/C22H21F2N/c1-3-14-25-18-10-8-17(9-11-18)20-13-12-19(21(23)22(20)24)16-6-4-15(2)5-7-16/h4-13,25H,3,14H2,1-2H3. The minimum atomic E-state index is -0.813. The van der Waals surface area contributed by atoms with Gasteiger partial charge >= 0.3 is 0 Å². The van der Waals surface area contributed by atoms with Gasteiger partial charge in [-0.3, -0.25) is 0 Å². The Balaban J connectivity index is 1.93. The predicted molar refractivity (Wildman–Crippen MR) is 101 cm³/mol. The average molecular weight is 337 g/mol. The van der Waals surface area contributed by atoms with E-state index in [0.717, 1.165) is 24.2 Å². The molecular formula is C22H21F2N. The van der Waals surface area contributed by atoms with E-state index in [1.165, 1.54) is 0 Å². The van der Waals surface area contributed by atoms with Gasteiger partial charge in [-0.25, -0.2) is 8.78 Å².